The molecule has 122 valence electrons. The van der Waals surface area contributed by atoms with E-state index in [1.54, 1.807) is 36.4 Å². The van der Waals surface area contributed by atoms with E-state index < -0.39 is 12.2 Å². The average molecular weight is 335 g/mol. The molecule has 0 aliphatic heterocycles. The molecule has 0 radical (unpaired) electrons. The van der Waals surface area contributed by atoms with Crippen LogP contribution in [-0.4, -0.2) is 34.3 Å². The Kier molecular flexibility index (Phi) is 5.84. The van der Waals surface area contributed by atoms with Crippen molar-refractivity contribution >= 4 is 23.4 Å². The molecule has 0 aromatic heterocycles. The standard InChI is InChI=1S/C17H19ClN2O3/c18-14-3-1-2-13(10-14)16(21)11-20(17(22)23)9-8-12-4-6-15(19)7-5-12/h1-7,10,16,21H,8-9,11,19H2,(H,22,23)/t16-/m0/s1. The third kappa shape index (κ3) is 5.16. The second-order valence-corrected chi connectivity index (χ2v) is 5.73. The first-order valence-electron chi connectivity index (χ1n) is 7.21. The molecule has 1 amide bonds. The number of anilines is 1. The van der Waals surface area contributed by atoms with Crippen LogP contribution in [0.25, 0.3) is 0 Å². The van der Waals surface area contributed by atoms with Crippen LogP contribution in [0, 0.1) is 0 Å². The van der Waals surface area contributed by atoms with Crippen molar-refractivity contribution in [1.82, 2.24) is 4.90 Å². The van der Waals surface area contributed by atoms with Gasteiger partial charge in [0.25, 0.3) is 0 Å². The molecule has 0 heterocycles. The van der Waals surface area contributed by atoms with Crippen LogP contribution >= 0.6 is 11.6 Å². The van der Waals surface area contributed by atoms with Crippen LogP contribution in [0.4, 0.5) is 10.5 Å². The van der Waals surface area contributed by atoms with Gasteiger partial charge in [0.15, 0.2) is 0 Å². The number of aliphatic hydroxyl groups is 1. The lowest BCUT2D eigenvalue weighted by atomic mass is 10.1. The van der Waals surface area contributed by atoms with Crippen molar-refractivity contribution in [2.45, 2.75) is 12.5 Å². The molecule has 1 atom stereocenters. The summed E-state index contributed by atoms with van der Waals surface area (Å²) >= 11 is 5.89. The summed E-state index contributed by atoms with van der Waals surface area (Å²) in [4.78, 5) is 12.6. The van der Waals surface area contributed by atoms with Gasteiger partial charge in [0, 0.05) is 17.3 Å². The maximum absolute atomic E-state index is 11.4. The lowest BCUT2D eigenvalue weighted by molar-refractivity contribution is 0.0973. The van der Waals surface area contributed by atoms with Crippen LogP contribution in [0.1, 0.15) is 17.2 Å². The molecular weight excluding hydrogens is 316 g/mol. The van der Waals surface area contributed by atoms with Gasteiger partial charge in [0.1, 0.15) is 0 Å². The van der Waals surface area contributed by atoms with Crippen LogP contribution in [0.2, 0.25) is 5.02 Å². The van der Waals surface area contributed by atoms with Crippen molar-refractivity contribution in [3.05, 3.63) is 64.7 Å². The SMILES string of the molecule is Nc1ccc(CCN(C[C@H](O)c2cccc(Cl)c2)C(=O)O)cc1. The summed E-state index contributed by atoms with van der Waals surface area (Å²) in [5.74, 6) is 0. The lowest BCUT2D eigenvalue weighted by Crippen LogP contribution is -2.35. The van der Waals surface area contributed by atoms with Gasteiger partial charge in [-0.2, -0.15) is 0 Å². The normalized spacial score (nSPS) is 11.9. The molecule has 0 saturated carbocycles. The number of carbonyl (C=O) groups is 1. The quantitative estimate of drug-likeness (QED) is 0.708. The molecule has 6 heteroatoms. The topological polar surface area (TPSA) is 86.8 Å². The molecule has 2 aromatic rings. The van der Waals surface area contributed by atoms with Gasteiger partial charge in [-0.05, 0) is 41.8 Å². The Bertz CT molecular complexity index is 661. The predicted octanol–water partition coefficient (Wildman–Crippen LogP) is 3.18. The summed E-state index contributed by atoms with van der Waals surface area (Å²) in [5.41, 5.74) is 7.87. The van der Waals surface area contributed by atoms with E-state index in [9.17, 15) is 15.0 Å². The molecule has 0 spiro atoms. The minimum absolute atomic E-state index is 0.00928. The van der Waals surface area contributed by atoms with Gasteiger partial charge in [-0.25, -0.2) is 4.79 Å². The number of hydrogen-bond acceptors (Lipinski definition) is 3. The largest absolute Gasteiger partial charge is 0.465 e. The third-order valence-corrected chi connectivity index (χ3v) is 3.78. The van der Waals surface area contributed by atoms with Crippen molar-refractivity contribution in [1.29, 1.82) is 0 Å². The molecule has 0 unspecified atom stereocenters. The maximum Gasteiger partial charge on any atom is 0.407 e. The number of hydrogen-bond donors (Lipinski definition) is 3. The number of nitrogens with zero attached hydrogens (tertiary/aromatic N) is 1. The number of rotatable bonds is 6. The second kappa shape index (κ2) is 7.85. The lowest BCUT2D eigenvalue weighted by Gasteiger charge is -2.23. The number of aliphatic hydroxyl groups excluding tert-OH is 1. The fraction of sp³-hybridized carbons (Fsp3) is 0.235. The highest BCUT2D eigenvalue weighted by atomic mass is 35.5. The van der Waals surface area contributed by atoms with E-state index in [-0.39, 0.29) is 13.1 Å². The number of carboxylic acid groups (broad SMARTS) is 1. The van der Waals surface area contributed by atoms with Gasteiger partial charge in [0.05, 0.1) is 12.6 Å². The van der Waals surface area contributed by atoms with E-state index in [0.717, 1.165) is 5.56 Å². The number of nitrogens with two attached hydrogens (primary N) is 1. The van der Waals surface area contributed by atoms with Crippen molar-refractivity contribution in [2.75, 3.05) is 18.8 Å². The summed E-state index contributed by atoms with van der Waals surface area (Å²) in [6, 6.07) is 14.1. The van der Waals surface area contributed by atoms with Crippen LogP contribution in [0.15, 0.2) is 48.5 Å². The Morgan fingerprint density at radius 2 is 1.91 bits per heavy atom. The Morgan fingerprint density at radius 3 is 2.52 bits per heavy atom. The van der Waals surface area contributed by atoms with E-state index in [2.05, 4.69) is 0 Å². The van der Waals surface area contributed by atoms with Gasteiger partial charge in [-0.3, -0.25) is 0 Å². The average Bonchev–Trinajstić information content (AvgIpc) is 2.52. The molecular formula is C17H19ClN2O3. The summed E-state index contributed by atoms with van der Waals surface area (Å²) in [5, 5.41) is 20.0. The summed E-state index contributed by atoms with van der Waals surface area (Å²) in [7, 11) is 0. The summed E-state index contributed by atoms with van der Waals surface area (Å²) < 4.78 is 0. The predicted molar refractivity (Wildman–Crippen MR) is 90.6 cm³/mol. The van der Waals surface area contributed by atoms with Crippen LogP contribution in [-0.2, 0) is 6.42 Å². The molecule has 23 heavy (non-hydrogen) atoms. The highest BCUT2D eigenvalue weighted by molar-refractivity contribution is 6.30. The van der Waals surface area contributed by atoms with Crippen molar-refractivity contribution in [2.24, 2.45) is 0 Å². The highest BCUT2D eigenvalue weighted by Gasteiger charge is 2.18. The molecule has 4 N–H and O–H groups in total. The van der Waals surface area contributed by atoms with Crippen LogP contribution in [0.3, 0.4) is 0 Å². The molecule has 2 rings (SSSR count). The fourth-order valence-corrected chi connectivity index (χ4v) is 2.44. The number of benzene rings is 2. The number of halogens is 1. The third-order valence-electron chi connectivity index (χ3n) is 3.55. The zero-order valence-corrected chi connectivity index (χ0v) is 13.3. The minimum atomic E-state index is -1.07. The molecule has 0 bridgehead atoms. The highest BCUT2D eigenvalue weighted by Crippen LogP contribution is 2.19. The zero-order valence-electron chi connectivity index (χ0n) is 12.5. The smallest absolute Gasteiger partial charge is 0.407 e. The molecule has 0 aliphatic rings. The van der Waals surface area contributed by atoms with E-state index in [4.69, 9.17) is 17.3 Å². The number of amides is 1. The van der Waals surface area contributed by atoms with E-state index in [1.807, 2.05) is 12.1 Å². The second-order valence-electron chi connectivity index (χ2n) is 5.29. The molecule has 5 nitrogen and oxygen atoms in total. The minimum Gasteiger partial charge on any atom is -0.465 e. The first kappa shape index (κ1) is 17.1. The summed E-state index contributed by atoms with van der Waals surface area (Å²) in [6.07, 6.45) is -1.44. The Balaban J connectivity index is 1.98. The van der Waals surface area contributed by atoms with E-state index >= 15 is 0 Å². The van der Waals surface area contributed by atoms with Gasteiger partial charge < -0.3 is 20.8 Å². The van der Waals surface area contributed by atoms with Crippen molar-refractivity contribution in [3.63, 3.8) is 0 Å². The van der Waals surface area contributed by atoms with Gasteiger partial charge in [-0.15, -0.1) is 0 Å². The first-order valence-corrected chi connectivity index (χ1v) is 7.59. The first-order chi connectivity index (χ1) is 11.0. The van der Waals surface area contributed by atoms with Crippen molar-refractivity contribution < 1.29 is 15.0 Å². The van der Waals surface area contributed by atoms with Crippen LogP contribution in [0.5, 0.6) is 0 Å². The number of nitrogen functional groups attached to an aromatic ring is 1. The molecule has 0 saturated heterocycles. The Morgan fingerprint density at radius 1 is 1.22 bits per heavy atom. The molecule has 0 aliphatic carbocycles. The maximum atomic E-state index is 11.4. The fourth-order valence-electron chi connectivity index (χ4n) is 2.24. The van der Waals surface area contributed by atoms with E-state index in [0.29, 0.717) is 22.7 Å². The van der Waals surface area contributed by atoms with Gasteiger partial charge in [-0.1, -0.05) is 35.9 Å². The molecule has 0 fully saturated rings. The van der Waals surface area contributed by atoms with Crippen molar-refractivity contribution in [3.8, 4) is 0 Å². The Labute approximate surface area is 139 Å². The molecule has 2 aromatic carbocycles. The van der Waals surface area contributed by atoms with Gasteiger partial charge >= 0.3 is 6.09 Å². The monoisotopic (exact) mass is 334 g/mol. The zero-order chi connectivity index (χ0) is 16.8. The Hall–Kier alpha value is -2.24. The summed E-state index contributed by atoms with van der Waals surface area (Å²) in [6.45, 7) is 0.279. The van der Waals surface area contributed by atoms with Gasteiger partial charge in [0.2, 0.25) is 0 Å². The van der Waals surface area contributed by atoms with Crippen LogP contribution < -0.4 is 5.73 Å². The van der Waals surface area contributed by atoms with E-state index in [1.165, 1.54) is 4.90 Å².